The highest BCUT2D eigenvalue weighted by Crippen LogP contribution is 2.24. The summed E-state index contributed by atoms with van der Waals surface area (Å²) in [6, 6.07) is 8.51. The molecule has 0 bridgehead atoms. The number of ketones is 1. The van der Waals surface area contributed by atoms with Crippen LogP contribution in [0, 0.1) is 25.5 Å². The maximum atomic E-state index is 14.3. The van der Waals surface area contributed by atoms with E-state index in [1.165, 1.54) is 19.2 Å². The highest BCUT2D eigenvalue weighted by Gasteiger charge is 2.21. The Morgan fingerprint density at radius 2 is 1.82 bits per heavy atom. The summed E-state index contributed by atoms with van der Waals surface area (Å²) in [6.07, 6.45) is 4.86. The van der Waals surface area contributed by atoms with Crippen LogP contribution in [0.15, 0.2) is 66.0 Å². The van der Waals surface area contributed by atoms with E-state index in [0.717, 1.165) is 39.7 Å². The zero-order chi connectivity index (χ0) is 23.9. The standard InChI is InChI=1S/C25H20ClF2N3O2/c1-14-8-17(4-7-23(14)30-11-15(2)29-13-30)24(32)21-9-18(26)12-31(25(21)33)16(3)20-10-19(27)5-6-22(20)28/h4-13,16H,1-3H3. The van der Waals surface area contributed by atoms with E-state index in [4.69, 9.17) is 11.6 Å². The van der Waals surface area contributed by atoms with Crippen molar-refractivity contribution in [2.24, 2.45) is 0 Å². The Bertz CT molecular complexity index is 1440. The lowest BCUT2D eigenvalue weighted by atomic mass is 10.0. The fourth-order valence-corrected chi connectivity index (χ4v) is 4.01. The van der Waals surface area contributed by atoms with E-state index < -0.39 is 29.0 Å². The van der Waals surface area contributed by atoms with Crippen molar-refractivity contribution in [3.05, 3.63) is 116 Å². The van der Waals surface area contributed by atoms with Gasteiger partial charge in [0, 0.05) is 29.2 Å². The minimum Gasteiger partial charge on any atom is -0.306 e. The summed E-state index contributed by atoms with van der Waals surface area (Å²) in [4.78, 5) is 30.6. The van der Waals surface area contributed by atoms with Gasteiger partial charge < -0.3 is 9.13 Å². The van der Waals surface area contributed by atoms with Crippen molar-refractivity contribution in [1.82, 2.24) is 14.1 Å². The van der Waals surface area contributed by atoms with Crippen molar-refractivity contribution in [3.63, 3.8) is 0 Å². The molecular formula is C25H20ClF2N3O2. The first-order valence-electron chi connectivity index (χ1n) is 10.2. The molecular weight excluding hydrogens is 448 g/mol. The first kappa shape index (κ1) is 22.6. The Kier molecular flexibility index (Phi) is 5.99. The molecule has 33 heavy (non-hydrogen) atoms. The Hall–Kier alpha value is -3.58. The monoisotopic (exact) mass is 467 g/mol. The lowest BCUT2D eigenvalue weighted by Gasteiger charge is -2.18. The number of hydrogen-bond acceptors (Lipinski definition) is 3. The lowest BCUT2D eigenvalue weighted by Crippen LogP contribution is -2.29. The van der Waals surface area contributed by atoms with Crippen LogP contribution < -0.4 is 5.56 Å². The van der Waals surface area contributed by atoms with Gasteiger partial charge in [-0.1, -0.05) is 11.6 Å². The quantitative estimate of drug-likeness (QED) is 0.368. The van der Waals surface area contributed by atoms with Gasteiger partial charge in [-0.25, -0.2) is 13.8 Å². The lowest BCUT2D eigenvalue weighted by molar-refractivity contribution is 0.103. The van der Waals surface area contributed by atoms with E-state index in [1.807, 2.05) is 24.6 Å². The van der Waals surface area contributed by atoms with Crippen LogP contribution in [0.1, 0.15) is 45.7 Å². The number of imidazole rings is 1. The van der Waals surface area contributed by atoms with Gasteiger partial charge in [-0.2, -0.15) is 0 Å². The zero-order valence-corrected chi connectivity index (χ0v) is 18.9. The van der Waals surface area contributed by atoms with Crippen LogP contribution in [0.25, 0.3) is 5.69 Å². The molecule has 4 aromatic rings. The number of halogens is 3. The number of rotatable bonds is 5. The average molecular weight is 468 g/mol. The maximum absolute atomic E-state index is 14.3. The molecule has 0 aliphatic carbocycles. The van der Waals surface area contributed by atoms with Crippen LogP contribution in [0.5, 0.6) is 0 Å². The van der Waals surface area contributed by atoms with Gasteiger partial charge in [-0.15, -0.1) is 0 Å². The normalized spacial score (nSPS) is 12.1. The van der Waals surface area contributed by atoms with Crippen LogP contribution >= 0.6 is 11.6 Å². The number of aromatic nitrogens is 3. The van der Waals surface area contributed by atoms with E-state index in [-0.39, 0.29) is 16.1 Å². The molecule has 0 aliphatic rings. The van der Waals surface area contributed by atoms with Crippen LogP contribution in [0.4, 0.5) is 8.78 Å². The van der Waals surface area contributed by atoms with Crippen molar-refractivity contribution in [3.8, 4) is 5.69 Å². The minimum atomic E-state index is -0.882. The van der Waals surface area contributed by atoms with Crippen LogP contribution in [0.3, 0.4) is 0 Å². The second-order valence-electron chi connectivity index (χ2n) is 7.88. The van der Waals surface area contributed by atoms with Crippen LogP contribution in [-0.4, -0.2) is 19.9 Å². The number of aryl methyl sites for hydroxylation is 2. The van der Waals surface area contributed by atoms with Gasteiger partial charge in [0.2, 0.25) is 0 Å². The minimum absolute atomic E-state index is 0.0198. The molecule has 2 aromatic heterocycles. The summed E-state index contributed by atoms with van der Waals surface area (Å²) in [5, 5.41) is 0.129. The molecule has 0 fully saturated rings. The first-order valence-corrected chi connectivity index (χ1v) is 10.6. The predicted octanol–water partition coefficient (Wildman–Crippen LogP) is 5.42. The number of benzene rings is 2. The molecule has 0 N–H and O–H groups in total. The number of carbonyl (C=O) groups is 1. The third-order valence-electron chi connectivity index (χ3n) is 5.53. The molecule has 8 heteroatoms. The highest BCUT2D eigenvalue weighted by molar-refractivity contribution is 6.31. The van der Waals surface area contributed by atoms with Gasteiger partial charge in [0.1, 0.15) is 11.6 Å². The van der Waals surface area contributed by atoms with Crippen LogP contribution in [-0.2, 0) is 0 Å². The molecule has 2 aromatic carbocycles. The summed E-state index contributed by atoms with van der Waals surface area (Å²) in [5.41, 5.74) is 2.01. The fraction of sp³-hybridized carbons (Fsp3) is 0.160. The molecule has 0 spiro atoms. The molecule has 2 heterocycles. The fourth-order valence-electron chi connectivity index (χ4n) is 3.80. The number of nitrogens with zero attached hydrogens (tertiary/aromatic N) is 3. The van der Waals surface area contributed by atoms with E-state index >= 15 is 0 Å². The molecule has 0 radical (unpaired) electrons. The largest absolute Gasteiger partial charge is 0.306 e. The number of carbonyl (C=O) groups excluding carboxylic acids is 1. The summed E-state index contributed by atoms with van der Waals surface area (Å²) < 4.78 is 31.0. The molecule has 0 amide bonds. The van der Waals surface area contributed by atoms with Gasteiger partial charge in [0.15, 0.2) is 5.78 Å². The van der Waals surface area contributed by atoms with Gasteiger partial charge in [-0.05, 0) is 68.8 Å². The van der Waals surface area contributed by atoms with Crippen molar-refractivity contribution >= 4 is 17.4 Å². The van der Waals surface area contributed by atoms with Gasteiger partial charge in [-0.3, -0.25) is 9.59 Å². The molecule has 4 rings (SSSR count). The molecule has 0 aliphatic heterocycles. The summed E-state index contributed by atoms with van der Waals surface area (Å²) in [7, 11) is 0. The SMILES string of the molecule is Cc1cn(-c2ccc(C(=O)c3cc(Cl)cn(C(C)c4cc(F)ccc4F)c3=O)cc2C)cn1. The van der Waals surface area contributed by atoms with E-state index in [0.29, 0.717) is 5.56 Å². The summed E-state index contributed by atoms with van der Waals surface area (Å²) >= 11 is 6.20. The Balaban J connectivity index is 1.75. The van der Waals surface area contributed by atoms with Crippen molar-refractivity contribution in [1.29, 1.82) is 0 Å². The Morgan fingerprint density at radius 1 is 1.06 bits per heavy atom. The molecule has 0 saturated heterocycles. The zero-order valence-electron chi connectivity index (χ0n) is 18.1. The predicted molar refractivity (Wildman–Crippen MR) is 122 cm³/mol. The summed E-state index contributed by atoms with van der Waals surface area (Å²) in [5.74, 6) is -1.81. The topological polar surface area (TPSA) is 56.9 Å². The smallest absolute Gasteiger partial charge is 0.262 e. The van der Waals surface area contributed by atoms with Gasteiger partial charge in [0.05, 0.1) is 28.6 Å². The molecule has 0 saturated carbocycles. The Morgan fingerprint density at radius 3 is 2.48 bits per heavy atom. The van der Waals surface area contributed by atoms with E-state index in [2.05, 4.69) is 4.98 Å². The first-order chi connectivity index (χ1) is 15.7. The number of hydrogen-bond donors (Lipinski definition) is 0. The second kappa shape index (κ2) is 8.75. The highest BCUT2D eigenvalue weighted by atomic mass is 35.5. The van der Waals surface area contributed by atoms with Gasteiger partial charge in [0.25, 0.3) is 5.56 Å². The average Bonchev–Trinajstić information content (AvgIpc) is 3.21. The Labute approximate surface area is 193 Å². The van der Waals surface area contributed by atoms with Crippen LogP contribution in [0.2, 0.25) is 5.02 Å². The molecule has 1 unspecified atom stereocenters. The molecule has 1 atom stereocenters. The second-order valence-corrected chi connectivity index (χ2v) is 8.32. The number of pyridine rings is 1. The molecule has 168 valence electrons. The third-order valence-corrected chi connectivity index (χ3v) is 5.74. The maximum Gasteiger partial charge on any atom is 0.262 e. The van der Waals surface area contributed by atoms with Gasteiger partial charge >= 0.3 is 0 Å². The van der Waals surface area contributed by atoms with E-state index in [1.54, 1.807) is 24.5 Å². The third kappa shape index (κ3) is 4.36. The summed E-state index contributed by atoms with van der Waals surface area (Å²) in [6.45, 7) is 5.27. The molecule has 5 nitrogen and oxygen atoms in total. The van der Waals surface area contributed by atoms with Crippen molar-refractivity contribution in [2.45, 2.75) is 26.8 Å². The van der Waals surface area contributed by atoms with Crippen molar-refractivity contribution in [2.75, 3.05) is 0 Å². The van der Waals surface area contributed by atoms with Crippen molar-refractivity contribution < 1.29 is 13.6 Å². The van der Waals surface area contributed by atoms with E-state index in [9.17, 15) is 18.4 Å².